The quantitative estimate of drug-likeness (QED) is 0.892. The first-order chi connectivity index (χ1) is 8.58. The zero-order valence-corrected chi connectivity index (χ0v) is 10.4. The number of benzene rings is 1. The van der Waals surface area contributed by atoms with E-state index in [1.54, 1.807) is 24.5 Å². The molecular formula is C13H15N3O2. The Hall–Kier alpha value is -2.17. The molecule has 5 heteroatoms. The van der Waals surface area contributed by atoms with Crippen molar-refractivity contribution >= 4 is 5.97 Å². The minimum absolute atomic E-state index is 0.201. The molecule has 1 N–H and O–H groups in total. The van der Waals surface area contributed by atoms with Crippen LogP contribution < -0.4 is 0 Å². The number of nitrogens with zero attached hydrogens (tertiary/aromatic N) is 3. The number of carboxylic acids is 1. The fraction of sp³-hybridized carbons (Fsp3) is 0.308. The van der Waals surface area contributed by atoms with Crippen LogP contribution in [0.5, 0.6) is 0 Å². The Balaban J connectivity index is 2.18. The number of rotatable bonds is 4. The minimum Gasteiger partial charge on any atom is -0.478 e. The first-order valence-corrected chi connectivity index (χ1v) is 5.74. The molecule has 0 aliphatic heterocycles. The van der Waals surface area contributed by atoms with Crippen LogP contribution in [-0.4, -0.2) is 25.8 Å². The highest BCUT2D eigenvalue weighted by atomic mass is 16.4. The molecule has 1 heterocycles. The molecule has 0 bridgehead atoms. The second-order valence-corrected chi connectivity index (χ2v) is 4.39. The van der Waals surface area contributed by atoms with Crippen LogP contribution in [0.1, 0.15) is 34.6 Å². The number of carboxylic acid groups (broad SMARTS) is 1. The number of aryl methyl sites for hydroxylation is 1. The van der Waals surface area contributed by atoms with E-state index < -0.39 is 5.97 Å². The van der Waals surface area contributed by atoms with Gasteiger partial charge < -0.3 is 9.67 Å². The van der Waals surface area contributed by atoms with Crippen LogP contribution in [0.25, 0.3) is 0 Å². The Bertz CT molecular complexity index is 563. The molecule has 0 spiro atoms. The van der Waals surface area contributed by atoms with Gasteiger partial charge in [0.15, 0.2) is 0 Å². The number of hydrogen-bond acceptors (Lipinski definition) is 3. The number of carbonyl (C=O) groups is 1. The maximum Gasteiger partial charge on any atom is 0.335 e. The molecule has 1 aromatic carbocycles. The monoisotopic (exact) mass is 245 g/mol. The van der Waals surface area contributed by atoms with Crippen LogP contribution >= 0.6 is 0 Å². The van der Waals surface area contributed by atoms with Crippen molar-refractivity contribution in [3.8, 4) is 0 Å². The van der Waals surface area contributed by atoms with Gasteiger partial charge >= 0.3 is 5.97 Å². The Morgan fingerprint density at radius 1 is 1.50 bits per heavy atom. The standard InChI is InChI=1S/C13H15N3O2/c1-9(6-12-15-14-8-16(12)2)10-4-3-5-11(7-10)13(17)18/h3-5,7-9H,6H2,1-2H3,(H,17,18). The number of hydrogen-bond donors (Lipinski definition) is 1. The molecule has 0 aliphatic rings. The molecule has 0 aliphatic carbocycles. The topological polar surface area (TPSA) is 68.0 Å². The second-order valence-electron chi connectivity index (χ2n) is 4.39. The average Bonchev–Trinajstić information content (AvgIpc) is 2.75. The van der Waals surface area contributed by atoms with Gasteiger partial charge in [-0.2, -0.15) is 0 Å². The van der Waals surface area contributed by atoms with Crippen molar-refractivity contribution in [2.45, 2.75) is 19.3 Å². The summed E-state index contributed by atoms with van der Waals surface area (Å²) in [7, 11) is 1.90. The lowest BCUT2D eigenvalue weighted by Gasteiger charge is -2.11. The van der Waals surface area contributed by atoms with Gasteiger partial charge in [-0.15, -0.1) is 10.2 Å². The first-order valence-electron chi connectivity index (χ1n) is 5.74. The van der Waals surface area contributed by atoms with Gasteiger partial charge in [-0.3, -0.25) is 0 Å². The van der Waals surface area contributed by atoms with Gasteiger partial charge in [-0.25, -0.2) is 4.79 Å². The van der Waals surface area contributed by atoms with Gasteiger partial charge in [0.2, 0.25) is 0 Å². The normalized spacial score (nSPS) is 12.3. The molecular weight excluding hydrogens is 230 g/mol. The number of aromatic nitrogens is 3. The van der Waals surface area contributed by atoms with Gasteiger partial charge in [0, 0.05) is 13.5 Å². The lowest BCUT2D eigenvalue weighted by Crippen LogP contribution is -2.05. The fourth-order valence-electron chi connectivity index (χ4n) is 1.86. The molecule has 1 aromatic heterocycles. The van der Waals surface area contributed by atoms with E-state index >= 15 is 0 Å². The first kappa shape index (κ1) is 12.3. The molecule has 0 amide bonds. The molecule has 0 saturated heterocycles. The van der Waals surface area contributed by atoms with E-state index in [0.29, 0.717) is 5.56 Å². The molecule has 94 valence electrons. The van der Waals surface area contributed by atoms with E-state index in [0.717, 1.165) is 17.8 Å². The van der Waals surface area contributed by atoms with Gasteiger partial charge in [-0.05, 0) is 23.6 Å². The van der Waals surface area contributed by atoms with Crippen molar-refractivity contribution in [3.63, 3.8) is 0 Å². The lowest BCUT2D eigenvalue weighted by atomic mass is 9.96. The lowest BCUT2D eigenvalue weighted by molar-refractivity contribution is 0.0696. The summed E-state index contributed by atoms with van der Waals surface area (Å²) in [6.07, 6.45) is 2.40. The minimum atomic E-state index is -0.900. The van der Waals surface area contributed by atoms with Crippen LogP contribution in [0.15, 0.2) is 30.6 Å². The molecule has 0 radical (unpaired) electrons. The third-order valence-corrected chi connectivity index (χ3v) is 3.00. The molecule has 18 heavy (non-hydrogen) atoms. The molecule has 1 atom stereocenters. The van der Waals surface area contributed by atoms with Crippen LogP contribution in [0.2, 0.25) is 0 Å². The second kappa shape index (κ2) is 5.00. The molecule has 2 aromatic rings. The average molecular weight is 245 g/mol. The summed E-state index contributed by atoms with van der Waals surface area (Å²) in [6.45, 7) is 2.05. The van der Waals surface area contributed by atoms with Crippen molar-refractivity contribution in [2.24, 2.45) is 7.05 Å². The fourth-order valence-corrected chi connectivity index (χ4v) is 1.86. The Morgan fingerprint density at radius 2 is 2.28 bits per heavy atom. The van der Waals surface area contributed by atoms with E-state index in [1.807, 2.05) is 17.7 Å². The molecule has 0 fully saturated rings. The Kier molecular flexibility index (Phi) is 3.41. The molecule has 0 saturated carbocycles. The molecule has 2 rings (SSSR count). The zero-order valence-electron chi connectivity index (χ0n) is 10.4. The maximum absolute atomic E-state index is 10.9. The van der Waals surface area contributed by atoms with Crippen molar-refractivity contribution in [3.05, 3.63) is 47.5 Å². The van der Waals surface area contributed by atoms with Gasteiger partial charge in [-0.1, -0.05) is 19.1 Å². The van der Waals surface area contributed by atoms with E-state index in [4.69, 9.17) is 5.11 Å². The van der Waals surface area contributed by atoms with Crippen LogP contribution in [-0.2, 0) is 13.5 Å². The SMILES string of the molecule is CC(Cc1nncn1C)c1cccc(C(=O)O)c1. The Morgan fingerprint density at radius 3 is 2.89 bits per heavy atom. The van der Waals surface area contributed by atoms with Gasteiger partial charge in [0.05, 0.1) is 5.56 Å². The zero-order chi connectivity index (χ0) is 13.1. The largest absolute Gasteiger partial charge is 0.478 e. The summed E-state index contributed by atoms with van der Waals surface area (Å²) in [5.74, 6) is 0.193. The summed E-state index contributed by atoms with van der Waals surface area (Å²) in [4.78, 5) is 10.9. The summed E-state index contributed by atoms with van der Waals surface area (Å²) in [6, 6.07) is 7.02. The van der Waals surface area contributed by atoms with E-state index in [-0.39, 0.29) is 5.92 Å². The summed E-state index contributed by atoms with van der Waals surface area (Å²) >= 11 is 0. The van der Waals surface area contributed by atoms with E-state index in [1.165, 1.54) is 0 Å². The summed E-state index contributed by atoms with van der Waals surface area (Å²) in [5.41, 5.74) is 1.32. The van der Waals surface area contributed by atoms with Crippen LogP contribution in [0.3, 0.4) is 0 Å². The maximum atomic E-state index is 10.9. The van der Waals surface area contributed by atoms with Crippen molar-refractivity contribution < 1.29 is 9.90 Å². The predicted octanol–water partition coefficient (Wildman–Crippen LogP) is 1.86. The summed E-state index contributed by atoms with van der Waals surface area (Å²) in [5, 5.41) is 16.8. The number of aromatic carboxylic acids is 1. The highest BCUT2D eigenvalue weighted by molar-refractivity contribution is 5.87. The smallest absolute Gasteiger partial charge is 0.335 e. The molecule has 5 nitrogen and oxygen atoms in total. The van der Waals surface area contributed by atoms with Crippen molar-refractivity contribution in [1.82, 2.24) is 14.8 Å². The third kappa shape index (κ3) is 2.56. The van der Waals surface area contributed by atoms with Crippen molar-refractivity contribution in [1.29, 1.82) is 0 Å². The highest BCUT2D eigenvalue weighted by Gasteiger charge is 2.12. The van der Waals surface area contributed by atoms with E-state index in [2.05, 4.69) is 17.1 Å². The predicted molar refractivity (Wildman–Crippen MR) is 66.5 cm³/mol. The van der Waals surface area contributed by atoms with Gasteiger partial charge in [0.25, 0.3) is 0 Å². The van der Waals surface area contributed by atoms with E-state index in [9.17, 15) is 4.79 Å². The highest BCUT2D eigenvalue weighted by Crippen LogP contribution is 2.20. The molecule has 1 unspecified atom stereocenters. The third-order valence-electron chi connectivity index (χ3n) is 3.00. The van der Waals surface area contributed by atoms with Gasteiger partial charge in [0.1, 0.15) is 12.2 Å². The van der Waals surface area contributed by atoms with Crippen molar-refractivity contribution in [2.75, 3.05) is 0 Å². The van der Waals surface area contributed by atoms with Crippen LogP contribution in [0.4, 0.5) is 0 Å². The Labute approximate surface area is 105 Å². The summed E-state index contributed by atoms with van der Waals surface area (Å²) < 4.78 is 1.87. The van der Waals surface area contributed by atoms with Crippen LogP contribution in [0, 0.1) is 0 Å².